The minimum absolute atomic E-state index is 0.00759. The lowest BCUT2D eigenvalue weighted by molar-refractivity contribution is 0.0667. The molecule has 0 radical (unpaired) electrons. The highest BCUT2D eigenvalue weighted by molar-refractivity contribution is 6.01. The van der Waals surface area contributed by atoms with Crippen LogP contribution in [0.25, 0.3) is 11.3 Å². The number of aryl methyl sites for hydroxylation is 1. The summed E-state index contributed by atoms with van der Waals surface area (Å²) in [4.78, 5) is 15.4. The van der Waals surface area contributed by atoms with Crippen molar-refractivity contribution in [3.63, 3.8) is 0 Å². The number of nitrogens with zero attached hydrogens (tertiary/aromatic N) is 2. The van der Waals surface area contributed by atoms with E-state index in [-0.39, 0.29) is 12.1 Å². The number of H-pyrrole nitrogens is 1. The lowest BCUT2D eigenvalue weighted by Crippen LogP contribution is -2.42. The molecule has 1 aromatic heterocycles. The van der Waals surface area contributed by atoms with Gasteiger partial charge in [-0.05, 0) is 48.9 Å². The molecule has 1 atom stereocenters. The summed E-state index contributed by atoms with van der Waals surface area (Å²) in [5, 5.41) is 11.0. The van der Waals surface area contributed by atoms with Crippen LogP contribution in [0.5, 0.6) is 5.75 Å². The fourth-order valence-corrected chi connectivity index (χ4v) is 4.08. The van der Waals surface area contributed by atoms with Crippen LogP contribution in [0.1, 0.15) is 33.2 Å². The molecule has 0 aliphatic carbocycles. The van der Waals surface area contributed by atoms with Crippen LogP contribution in [0.15, 0.2) is 79.0 Å². The molecule has 0 fully saturated rings. The molecule has 6 nitrogen and oxygen atoms in total. The number of fused-ring (bicyclic) bond motifs is 1. The van der Waals surface area contributed by atoms with Crippen molar-refractivity contribution >= 4 is 11.6 Å². The first-order valence-electron chi connectivity index (χ1n) is 10.5. The number of carbonyl (C=O) groups is 1. The van der Waals surface area contributed by atoms with E-state index in [1.165, 1.54) is 5.56 Å². The van der Waals surface area contributed by atoms with Gasteiger partial charge in [-0.25, -0.2) is 0 Å². The van der Waals surface area contributed by atoms with Gasteiger partial charge in [-0.2, -0.15) is 5.10 Å². The van der Waals surface area contributed by atoms with Crippen molar-refractivity contribution in [3.8, 4) is 17.0 Å². The van der Waals surface area contributed by atoms with Crippen molar-refractivity contribution in [2.45, 2.75) is 19.6 Å². The molecule has 32 heavy (non-hydrogen) atoms. The fourth-order valence-electron chi connectivity index (χ4n) is 4.08. The number of hydrogen-bond acceptors (Lipinski definition) is 4. The molecular formula is C26H24N4O2. The fraction of sp³-hybridized carbons (Fsp3) is 0.154. The highest BCUT2D eigenvalue weighted by Crippen LogP contribution is 2.37. The molecular weight excluding hydrogens is 400 g/mol. The van der Waals surface area contributed by atoms with Gasteiger partial charge in [-0.3, -0.25) is 9.89 Å². The van der Waals surface area contributed by atoms with Crippen molar-refractivity contribution in [1.82, 2.24) is 15.1 Å². The number of ether oxygens (including phenoxy) is 1. The number of para-hydroxylation sites is 1. The highest BCUT2D eigenvalue weighted by atomic mass is 16.5. The molecule has 2 N–H and O–H groups in total. The first kappa shape index (κ1) is 19.9. The number of nitrogens with one attached hydrogen (secondary N) is 2. The second kappa shape index (κ2) is 8.23. The topological polar surface area (TPSA) is 70.2 Å². The van der Waals surface area contributed by atoms with Gasteiger partial charge in [0.25, 0.3) is 5.91 Å². The first-order chi connectivity index (χ1) is 15.6. The average Bonchev–Trinajstić information content (AvgIpc) is 3.32. The van der Waals surface area contributed by atoms with Gasteiger partial charge in [0.05, 0.1) is 24.6 Å². The van der Waals surface area contributed by atoms with Crippen molar-refractivity contribution in [2.75, 3.05) is 12.4 Å². The molecule has 3 aromatic carbocycles. The van der Waals surface area contributed by atoms with Crippen LogP contribution < -0.4 is 10.1 Å². The Kier molecular flexibility index (Phi) is 5.11. The van der Waals surface area contributed by atoms with Crippen LogP contribution in [0.4, 0.5) is 5.69 Å². The first-order valence-corrected chi connectivity index (χ1v) is 10.5. The van der Waals surface area contributed by atoms with E-state index in [4.69, 9.17) is 4.74 Å². The normalized spacial score (nSPS) is 15.2. The van der Waals surface area contributed by atoms with E-state index in [1.54, 1.807) is 13.3 Å². The number of benzene rings is 3. The SMILES string of the molecule is COc1ccc(-c2[nH]ncc2C2Nc3ccccc3C(=O)N2Cc2ccc(C)cc2)cc1. The molecule has 0 spiro atoms. The molecule has 5 rings (SSSR count). The summed E-state index contributed by atoms with van der Waals surface area (Å²) in [6, 6.07) is 23.7. The average molecular weight is 425 g/mol. The summed E-state index contributed by atoms with van der Waals surface area (Å²) in [6.07, 6.45) is 1.43. The number of carbonyl (C=O) groups excluding carboxylic acids is 1. The number of rotatable bonds is 5. The maximum Gasteiger partial charge on any atom is 0.258 e. The maximum atomic E-state index is 13.6. The van der Waals surface area contributed by atoms with Crippen LogP contribution in [0.2, 0.25) is 0 Å². The number of amides is 1. The van der Waals surface area contributed by atoms with Crippen molar-refractivity contribution in [2.24, 2.45) is 0 Å². The van der Waals surface area contributed by atoms with Crippen LogP contribution in [0.3, 0.4) is 0 Å². The minimum Gasteiger partial charge on any atom is -0.497 e. The maximum absolute atomic E-state index is 13.6. The van der Waals surface area contributed by atoms with E-state index in [9.17, 15) is 4.79 Å². The van der Waals surface area contributed by atoms with Gasteiger partial charge in [0.2, 0.25) is 0 Å². The molecule has 1 aliphatic heterocycles. The Balaban J connectivity index is 1.57. The lowest BCUT2D eigenvalue weighted by Gasteiger charge is -2.38. The summed E-state index contributed by atoms with van der Waals surface area (Å²) < 4.78 is 5.29. The molecule has 1 aliphatic rings. The van der Waals surface area contributed by atoms with Crippen molar-refractivity contribution in [1.29, 1.82) is 0 Å². The molecule has 6 heteroatoms. The van der Waals surface area contributed by atoms with E-state index >= 15 is 0 Å². The quantitative estimate of drug-likeness (QED) is 0.464. The van der Waals surface area contributed by atoms with Gasteiger partial charge in [0.15, 0.2) is 0 Å². The highest BCUT2D eigenvalue weighted by Gasteiger charge is 2.34. The molecule has 4 aromatic rings. The standard InChI is InChI=1S/C26H24N4O2/c1-17-7-9-18(10-8-17)16-30-25(28-23-6-4-3-5-21(23)26(30)31)22-15-27-29-24(22)19-11-13-20(32-2)14-12-19/h3-15,25,28H,16H2,1-2H3,(H,27,29). The van der Waals surface area contributed by atoms with Crippen LogP contribution in [-0.4, -0.2) is 28.1 Å². The Bertz CT molecular complexity index is 1250. The zero-order valence-corrected chi connectivity index (χ0v) is 18.0. The molecule has 0 bridgehead atoms. The van der Waals surface area contributed by atoms with Gasteiger partial charge in [0.1, 0.15) is 11.9 Å². The second-order valence-corrected chi connectivity index (χ2v) is 7.94. The van der Waals surface area contributed by atoms with Crippen molar-refractivity contribution in [3.05, 3.63) is 101 Å². The second-order valence-electron chi connectivity index (χ2n) is 7.94. The van der Waals surface area contributed by atoms with Crippen LogP contribution in [0, 0.1) is 6.92 Å². The Morgan fingerprint density at radius 3 is 2.50 bits per heavy atom. The number of methoxy groups -OCH3 is 1. The predicted octanol–water partition coefficient (Wildman–Crippen LogP) is 5.16. The van der Waals surface area contributed by atoms with Gasteiger partial charge in [-0.15, -0.1) is 0 Å². The Morgan fingerprint density at radius 1 is 1.00 bits per heavy atom. The van der Waals surface area contributed by atoms with Crippen LogP contribution in [-0.2, 0) is 6.54 Å². The van der Waals surface area contributed by atoms with E-state index < -0.39 is 0 Å². The van der Waals surface area contributed by atoms with E-state index in [1.807, 2.05) is 53.4 Å². The molecule has 0 saturated carbocycles. The summed E-state index contributed by atoms with van der Waals surface area (Å²) in [6.45, 7) is 2.54. The predicted molar refractivity (Wildman–Crippen MR) is 124 cm³/mol. The third-order valence-electron chi connectivity index (χ3n) is 5.84. The molecule has 0 saturated heterocycles. The van der Waals surface area contributed by atoms with Crippen LogP contribution >= 0.6 is 0 Å². The third kappa shape index (κ3) is 3.60. The number of anilines is 1. The molecule has 1 unspecified atom stereocenters. The van der Waals surface area contributed by atoms with Gasteiger partial charge in [0, 0.05) is 23.4 Å². The van der Waals surface area contributed by atoms with Gasteiger partial charge in [-0.1, -0.05) is 42.0 Å². The Morgan fingerprint density at radius 2 is 1.75 bits per heavy atom. The summed E-state index contributed by atoms with van der Waals surface area (Å²) in [7, 11) is 1.65. The molecule has 160 valence electrons. The largest absolute Gasteiger partial charge is 0.497 e. The van der Waals surface area contributed by atoms with E-state index in [2.05, 4.69) is 46.7 Å². The smallest absolute Gasteiger partial charge is 0.258 e. The van der Waals surface area contributed by atoms with Gasteiger partial charge >= 0.3 is 0 Å². The number of aromatic amines is 1. The zero-order valence-electron chi connectivity index (χ0n) is 18.0. The van der Waals surface area contributed by atoms with E-state index in [0.29, 0.717) is 12.1 Å². The zero-order chi connectivity index (χ0) is 22.1. The lowest BCUT2D eigenvalue weighted by atomic mass is 10.00. The minimum atomic E-state index is -0.366. The number of aromatic nitrogens is 2. The third-order valence-corrected chi connectivity index (χ3v) is 5.84. The summed E-state index contributed by atoms with van der Waals surface area (Å²) >= 11 is 0. The van der Waals surface area contributed by atoms with Gasteiger partial charge < -0.3 is 15.0 Å². The monoisotopic (exact) mass is 424 g/mol. The Hall–Kier alpha value is -4.06. The summed E-state index contributed by atoms with van der Waals surface area (Å²) in [5.41, 5.74) is 6.51. The van der Waals surface area contributed by atoms with E-state index in [0.717, 1.165) is 33.8 Å². The Labute approximate surface area is 186 Å². The molecule has 2 heterocycles. The van der Waals surface area contributed by atoms with Crippen molar-refractivity contribution < 1.29 is 9.53 Å². The summed E-state index contributed by atoms with van der Waals surface area (Å²) in [5.74, 6) is 0.780. The molecule has 1 amide bonds. The number of hydrogen-bond donors (Lipinski definition) is 2.